The molecule has 0 saturated heterocycles. The van der Waals surface area contributed by atoms with Crippen LogP contribution in [0.5, 0.6) is 23.0 Å². The number of aromatic nitrogens is 1. The molecule has 1 amide bonds. The van der Waals surface area contributed by atoms with Crippen molar-refractivity contribution in [3.63, 3.8) is 0 Å². The van der Waals surface area contributed by atoms with Crippen LogP contribution in [0.15, 0.2) is 59.7 Å². The van der Waals surface area contributed by atoms with E-state index in [0.29, 0.717) is 34.1 Å². The van der Waals surface area contributed by atoms with E-state index in [9.17, 15) is 9.18 Å². The number of hydrazone groups is 1. The molecule has 186 valence electrons. The van der Waals surface area contributed by atoms with Gasteiger partial charge in [0.2, 0.25) is 10.9 Å². The summed E-state index contributed by atoms with van der Waals surface area (Å²) < 4.78 is 36.0. The Kier molecular flexibility index (Phi) is 7.65. The Labute approximate surface area is 211 Å². The number of carbonyl (C=O) groups excluding carboxylic acids is 1. The van der Waals surface area contributed by atoms with Gasteiger partial charge in [0, 0.05) is 5.56 Å². The van der Waals surface area contributed by atoms with Crippen molar-refractivity contribution in [3.8, 4) is 23.0 Å². The second kappa shape index (κ2) is 11.0. The lowest BCUT2D eigenvalue weighted by Gasteiger charge is -2.17. The fourth-order valence-corrected chi connectivity index (χ4v) is 4.38. The molecule has 0 aliphatic heterocycles. The molecule has 0 aliphatic carbocycles. The van der Waals surface area contributed by atoms with Crippen LogP contribution in [0, 0.1) is 5.82 Å². The highest BCUT2D eigenvalue weighted by Crippen LogP contribution is 2.39. The van der Waals surface area contributed by atoms with Gasteiger partial charge in [-0.3, -0.25) is 4.79 Å². The van der Waals surface area contributed by atoms with Crippen molar-refractivity contribution in [2.45, 2.75) is 6.92 Å². The van der Waals surface area contributed by atoms with Crippen molar-refractivity contribution < 1.29 is 28.1 Å². The first-order chi connectivity index (χ1) is 17.5. The number of halogens is 1. The molecule has 0 radical (unpaired) electrons. The number of methoxy groups -OCH3 is 3. The average Bonchev–Trinajstić information content (AvgIpc) is 3.31. The van der Waals surface area contributed by atoms with Gasteiger partial charge in [-0.2, -0.15) is 10.1 Å². The van der Waals surface area contributed by atoms with Crippen molar-refractivity contribution >= 4 is 38.8 Å². The number of thiazole rings is 1. The minimum atomic E-state index is -0.490. The van der Waals surface area contributed by atoms with Gasteiger partial charge in [-0.05, 0) is 67.1 Å². The number of hydrogen-bond acceptors (Lipinski definition) is 8. The first-order valence-corrected chi connectivity index (χ1v) is 11.8. The van der Waals surface area contributed by atoms with Gasteiger partial charge in [-0.1, -0.05) is 11.3 Å². The number of carbonyl (C=O) groups is 1. The van der Waals surface area contributed by atoms with Gasteiger partial charge in [0.05, 0.1) is 44.4 Å². The Morgan fingerprint density at radius 1 is 1.03 bits per heavy atom. The first kappa shape index (κ1) is 24.9. The maximum atomic E-state index is 13.8. The van der Waals surface area contributed by atoms with E-state index in [1.807, 2.05) is 31.2 Å². The molecule has 0 saturated carbocycles. The Balaban J connectivity index is 1.77. The summed E-state index contributed by atoms with van der Waals surface area (Å²) in [7, 11) is 4.42. The van der Waals surface area contributed by atoms with Crippen LogP contribution in [0.1, 0.15) is 22.8 Å². The predicted molar refractivity (Wildman–Crippen MR) is 138 cm³/mol. The van der Waals surface area contributed by atoms with E-state index in [1.165, 1.54) is 56.8 Å². The summed E-state index contributed by atoms with van der Waals surface area (Å²) in [5.74, 6) is 0.850. The normalized spacial score (nSPS) is 11.0. The zero-order valence-corrected chi connectivity index (χ0v) is 21.0. The summed E-state index contributed by atoms with van der Waals surface area (Å²) >= 11 is 1.15. The molecule has 4 rings (SSSR count). The highest BCUT2D eigenvalue weighted by Gasteiger charge is 2.24. The largest absolute Gasteiger partial charge is 0.494 e. The van der Waals surface area contributed by atoms with Gasteiger partial charge >= 0.3 is 0 Å². The molecule has 3 aromatic carbocycles. The molecule has 36 heavy (non-hydrogen) atoms. The predicted octanol–water partition coefficient (Wildman–Crippen LogP) is 5.54. The lowest BCUT2D eigenvalue weighted by molar-refractivity contribution is 0.0987. The van der Waals surface area contributed by atoms with E-state index in [1.54, 1.807) is 6.07 Å². The Morgan fingerprint density at radius 2 is 1.72 bits per heavy atom. The molecule has 0 atom stereocenters. The molecule has 0 N–H and O–H groups in total. The molecule has 0 fully saturated rings. The topological polar surface area (TPSA) is 82.5 Å². The molecule has 8 nitrogen and oxygen atoms in total. The third kappa shape index (κ3) is 5.23. The molecule has 0 aliphatic rings. The quantitative estimate of drug-likeness (QED) is 0.218. The Bertz CT molecular complexity index is 1380. The van der Waals surface area contributed by atoms with Crippen molar-refractivity contribution in [3.05, 3.63) is 71.5 Å². The van der Waals surface area contributed by atoms with E-state index in [4.69, 9.17) is 18.9 Å². The summed E-state index contributed by atoms with van der Waals surface area (Å²) in [6, 6.07) is 14.6. The molecule has 1 aromatic heterocycles. The van der Waals surface area contributed by atoms with Gasteiger partial charge < -0.3 is 18.9 Å². The number of ether oxygens (including phenoxy) is 4. The molecular weight excluding hydrogens is 485 g/mol. The van der Waals surface area contributed by atoms with Gasteiger partial charge in [0.15, 0.2) is 11.5 Å². The highest BCUT2D eigenvalue weighted by atomic mass is 32.1. The SMILES string of the molecule is CCOc1ccc(/C=N/N(C(=O)c2cc(OC)c(OC)c(OC)c2)c2nc3ccc(F)cc3s2)cc1. The van der Waals surface area contributed by atoms with E-state index < -0.39 is 11.7 Å². The van der Waals surface area contributed by atoms with Gasteiger partial charge in [-0.25, -0.2) is 9.37 Å². The van der Waals surface area contributed by atoms with Crippen LogP contribution in [-0.2, 0) is 0 Å². The van der Waals surface area contributed by atoms with Gasteiger partial charge in [0.1, 0.15) is 11.6 Å². The molecule has 4 aromatic rings. The van der Waals surface area contributed by atoms with Gasteiger partial charge in [0.25, 0.3) is 5.91 Å². The molecule has 0 unspecified atom stereocenters. The van der Waals surface area contributed by atoms with E-state index in [0.717, 1.165) is 22.6 Å². The summed E-state index contributed by atoms with van der Waals surface area (Å²) in [5.41, 5.74) is 1.53. The summed E-state index contributed by atoms with van der Waals surface area (Å²) in [6.07, 6.45) is 1.54. The lowest BCUT2D eigenvalue weighted by Crippen LogP contribution is -2.25. The van der Waals surface area contributed by atoms with Crippen molar-refractivity contribution in [1.82, 2.24) is 4.98 Å². The van der Waals surface area contributed by atoms with Crippen LogP contribution in [0.4, 0.5) is 9.52 Å². The van der Waals surface area contributed by atoms with E-state index in [2.05, 4.69) is 10.1 Å². The summed E-state index contributed by atoms with van der Waals surface area (Å²) in [4.78, 5) is 18.2. The van der Waals surface area contributed by atoms with Crippen LogP contribution in [-0.4, -0.2) is 45.0 Å². The molecular formula is C26H24FN3O5S. The third-order valence-electron chi connectivity index (χ3n) is 5.14. The second-order valence-corrected chi connectivity index (χ2v) is 8.40. The number of nitrogens with zero attached hydrogens (tertiary/aromatic N) is 3. The van der Waals surface area contributed by atoms with Crippen LogP contribution < -0.4 is 24.0 Å². The second-order valence-electron chi connectivity index (χ2n) is 7.39. The number of benzene rings is 3. The average molecular weight is 510 g/mol. The smallest absolute Gasteiger partial charge is 0.281 e. The maximum absolute atomic E-state index is 13.8. The molecule has 10 heteroatoms. The van der Waals surface area contributed by atoms with Crippen molar-refractivity contribution in [1.29, 1.82) is 0 Å². The Morgan fingerprint density at radius 3 is 2.33 bits per heavy atom. The number of fused-ring (bicyclic) bond motifs is 1. The van der Waals surface area contributed by atoms with Crippen molar-refractivity contribution in [2.24, 2.45) is 5.10 Å². The third-order valence-corrected chi connectivity index (χ3v) is 6.13. The standard InChI is InChI=1S/C26H24FN3O5S/c1-5-35-19-9-6-16(7-10-19)15-28-30(26-29-20-11-8-18(27)14-23(20)36-26)25(31)17-12-21(32-2)24(34-4)22(13-17)33-3/h6-15H,5H2,1-4H3/b28-15+. The van der Waals surface area contributed by atoms with Crippen LogP contribution in [0.2, 0.25) is 0 Å². The van der Waals surface area contributed by atoms with Crippen LogP contribution >= 0.6 is 11.3 Å². The van der Waals surface area contributed by atoms with Gasteiger partial charge in [-0.15, -0.1) is 0 Å². The minimum absolute atomic E-state index is 0.235. The van der Waals surface area contributed by atoms with Crippen LogP contribution in [0.25, 0.3) is 10.2 Å². The maximum Gasteiger partial charge on any atom is 0.281 e. The van der Waals surface area contributed by atoms with Crippen molar-refractivity contribution in [2.75, 3.05) is 32.9 Å². The fraction of sp³-hybridized carbons (Fsp3) is 0.192. The number of rotatable bonds is 9. The zero-order chi connectivity index (χ0) is 25.7. The highest BCUT2D eigenvalue weighted by molar-refractivity contribution is 7.22. The summed E-state index contributed by atoms with van der Waals surface area (Å²) in [6.45, 7) is 2.47. The molecule has 0 spiro atoms. The minimum Gasteiger partial charge on any atom is -0.494 e. The lowest BCUT2D eigenvalue weighted by atomic mass is 10.1. The monoisotopic (exact) mass is 509 g/mol. The zero-order valence-electron chi connectivity index (χ0n) is 20.1. The number of amides is 1. The van der Waals surface area contributed by atoms with Crippen LogP contribution in [0.3, 0.4) is 0 Å². The van der Waals surface area contributed by atoms with E-state index in [-0.39, 0.29) is 10.7 Å². The Hall–Kier alpha value is -4.18. The fourth-order valence-electron chi connectivity index (χ4n) is 3.43. The number of hydrogen-bond donors (Lipinski definition) is 0. The molecule has 0 bridgehead atoms. The first-order valence-electron chi connectivity index (χ1n) is 10.9. The summed E-state index contributed by atoms with van der Waals surface area (Å²) in [5, 5.41) is 5.89. The number of anilines is 1. The molecule has 1 heterocycles. The van der Waals surface area contributed by atoms with E-state index >= 15 is 0 Å².